The van der Waals surface area contributed by atoms with E-state index in [4.69, 9.17) is 9.15 Å². The Kier molecular flexibility index (Phi) is 5.82. The van der Waals surface area contributed by atoms with Gasteiger partial charge >= 0.3 is 0 Å². The third kappa shape index (κ3) is 3.41. The molecule has 0 amide bonds. The minimum atomic E-state index is -0.0265. The van der Waals surface area contributed by atoms with Crippen LogP contribution in [0.3, 0.4) is 0 Å². The molecule has 26 heavy (non-hydrogen) atoms. The van der Waals surface area contributed by atoms with Crippen LogP contribution in [0.2, 0.25) is 0 Å². The zero-order chi connectivity index (χ0) is 18.5. The quantitative estimate of drug-likeness (QED) is 0.404. The molecule has 0 aliphatic heterocycles. The van der Waals surface area contributed by atoms with Crippen LogP contribution < -0.4 is 15.1 Å². The minimum absolute atomic E-state index is 0.0265. The largest absolute Gasteiger partial charge is 0.490 e. The maximum Gasteiger partial charge on any atom is 0.204 e. The summed E-state index contributed by atoms with van der Waals surface area (Å²) in [6.45, 7) is 8.70. The highest BCUT2D eigenvalue weighted by Crippen LogP contribution is 2.36. The van der Waals surface area contributed by atoms with E-state index in [2.05, 4.69) is 25.7 Å². The Hall–Kier alpha value is -2.49. The van der Waals surface area contributed by atoms with Crippen molar-refractivity contribution in [1.82, 2.24) is 0 Å². The summed E-state index contributed by atoms with van der Waals surface area (Å²) in [5.41, 5.74) is 2.12. The number of fused-ring (bicyclic) bond motifs is 2. The molecule has 0 aliphatic rings. The van der Waals surface area contributed by atoms with E-state index in [0.717, 1.165) is 38.0 Å². The van der Waals surface area contributed by atoms with Crippen molar-refractivity contribution in [2.75, 3.05) is 24.6 Å². The molecule has 1 heterocycles. The molecule has 0 radical (unpaired) electrons. The highest BCUT2D eigenvalue weighted by molar-refractivity contribution is 5.96. The van der Waals surface area contributed by atoms with Crippen molar-refractivity contribution in [3.05, 3.63) is 46.6 Å². The fourth-order valence-electron chi connectivity index (χ4n) is 3.34. The number of nitrogens with zero attached hydrogens (tertiary/aromatic N) is 1. The van der Waals surface area contributed by atoms with Gasteiger partial charge in [-0.15, -0.1) is 0 Å². The van der Waals surface area contributed by atoms with Crippen LogP contribution in [0, 0.1) is 0 Å². The lowest BCUT2D eigenvalue weighted by molar-refractivity contribution is 0.309. The lowest BCUT2D eigenvalue weighted by Gasteiger charge is -2.24. The molecule has 0 unspecified atom stereocenters. The number of unbranched alkanes of at least 4 members (excludes halogenated alkanes) is 2. The van der Waals surface area contributed by atoms with Crippen LogP contribution in [0.1, 0.15) is 40.0 Å². The molecule has 0 atom stereocenters. The van der Waals surface area contributed by atoms with Gasteiger partial charge in [0.15, 0.2) is 5.75 Å². The highest BCUT2D eigenvalue weighted by atomic mass is 16.5. The molecule has 3 aromatic rings. The first-order valence-corrected chi connectivity index (χ1v) is 9.57. The molecule has 2 aromatic carbocycles. The van der Waals surface area contributed by atoms with Gasteiger partial charge in [-0.3, -0.25) is 4.79 Å². The maximum atomic E-state index is 13.2. The zero-order valence-electron chi connectivity index (χ0n) is 15.9. The van der Waals surface area contributed by atoms with E-state index >= 15 is 0 Å². The van der Waals surface area contributed by atoms with E-state index in [1.54, 1.807) is 0 Å². The molecule has 0 fully saturated rings. The van der Waals surface area contributed by atoms with Crippen molar-refractivity contribution in [1.29, 1.82) is 0 Å². The second kappa shape index (κ2) is 8.26. The SMILES string of the molecule is CCCCCOc1c(N(CC)CC)ccc2oc3ccccc3c(=O)c12. The lowest BCUT2D eigenvalue weighted by Crippen LogP contribution is -2.23. The summed E-state index contributed by atoms with van der Waals surface area (Å²) in [6.07, 6.45) is 3.22. The predicted octanol–water partition coefficient (Wildman–Crippen LogP) is 5.36. The maximum absolute atomic E-state index is 13.2. The van der Waals surface area contributed by atoms with E-state index < -0.39 is 0 Å². The van der Waals surface area contributed by atoms with E-state index in [1.165, 1.54) is 0 Å². The molecular formula is C22H27NO3. The van der Waals surface area contributed by atoms with Gasteiger partial charge in [0.1, 0.15) is 16.6 Å². The van der Waals surface area contributed by atoms with Gasteiger partial charge in [-0.2, -0.15) is 0 Å². The second-order valence-corrected chi connectivity index (χ2v) is 6.44. The topological polar surface area (TPSA) is 42.7 Å². The van der Waals surface area contributed by atoms with Gasteiger partial charge in [0.05, 0.1) is 17.7 Å². The Morgan fingerprint density at radius 1 is 0.962 bits per heavy atom. The van der Waals surface area contributed by atoms with Crippen LogP contribution in [-0.4, -0.2) is 19.7 Å². The van der Waals surface area contributed by atoms with Crippen molar-refractivity contribution < 1.29 is 9.15 Å². The summed E-state index contributed by atoms with van der Waals surface area (Å²) in [5.74, 6) is 0.654. The van der Waals surface area contributed by atoms with Crippen molar-refractivity contribution in [2.45, 2.75) is 40.0 Å². The molecular weight excluding hydrogens is 326 g/mol. The van der Waals surface area contributed by atoms with Crippen LogP contribution in [0.4, 0.5) is 5.69 Å². The van der Waals surface area contributed by atoms with Crippen LogP contribution in [-0.2, 0) is 0 Å². The van der Waals surface area contributed by atoms with Crippen molar-refractivity contribution in [3.63, 3.8) is 0 Å². The third-order valence-electron chi connectivity index (χ3n) is 4.78. The Morgan fingerprint density at radius 3 is 2.46 bits per heavy atom. The molecule has 138 valence electrons. The summed E-state index contributed by atoms with van der Waals surface area (Å²) in [7, 11) is 0. The van der Waals surface area contributed by atoms with Crippen molar-refractivity contribution in [3.8, 4) is 5.75 Å². The lowest BCUT2D eigenvalue weighted by atomic mass is 10.1. The smallest absolute Gasteiger partial charge is 0.204 e. The molecule has 0 aliphatic carbocycles. The summed E-state index contributed by atoms with van der Waals surface area (Å²) in [4.78, 5) is 15.4. The second-order valence-electron chi connectivity index (χ2n) is 6.44. The Morgan fingerprint density at radius 2 is 1.73 bits per heavy atom. The molecule has 0 spiro atoms. The molecule has 0 saturated carbocycles. The van der Waals surface area contributed by atoms with E-state index in [0.29, 0.717) is 34.3 Å². The Balaban J connectivity index is 2.22. The van der Waals surface area contributed by atoms with Crippen LogP contribution in [0.15, 0.2) is 45.6 Å². The summed E-state index contributed by atoms with van der Waals surface area (Å²) >= 11 is 0. The normalized spacial score (nSPS) is 11.2. The number of anilines is 1. The molecule has 1 aromatic heterocycles. The number of para-hydroxylation sites is 1. The predicted molar refractivity (Wildman–Crippen MR) is 109 cm³/mol. The summed E-state index contributed by atoms with van der Waals surface area (Å²) in [5, 5.41) is 1.14. The fraction of sp³-hybridized carbons (Fsp3) is 0.409. The molecule has 0 bridgehead atoms. The van der Waals surface area contributed by atoms with Gasteiger partial charge in [0, 0.05) is 13.1 Å². The fourth-order valence-corrected chi connectivity index (χ4v) is 3.34. The van der Waals surface area contributed by atoms with Gasteiger partial charge < -0.3 is 14.1 Å². The molecule has 4 heteroatoms. The Bertz CT molecular complexity index is 941. The highest BCUT2D eigenvalue weighted by Gasteiger charge is 2.19. The third-order valence-corrected chi connectivity index (χ3v) is 4.78. The van der Waals surface area contributed by atoms with Gasteiger partial charge in [-0.1, -0.05) is 31.9 Å². The summed E-state index contributed by atoms with van der Waals surface area (Å²) < 4.78 is 12.2. The number of hydrogen-bond acceptors (Lipinski definition) is 4. The van der Waals surface area contributed by atoms with Gasteiger partial charge in [-0.25, -0.2) is 0 Å². The van der Waals surface area contributed by atoms with Crippen LogP contribution in [0.5, 0.6) is 5.75 Å². The minimum Gasteiger partial charge on any atom is -0.490 e. The van der Waals surface area contributed by atoms with Gasteiger partial charge in [-0.05, 0) is 44.5 Å². The Labute approximate surface area is 154 Å². The molecule has 3 rings (SSSR count). The standard InChI is InChI=1S/C22H27NO3/c1-4-7-10-15-25-22-17(23(5-2)6-3)13-14-19-20(22)21(24)16-11-8-9-12-18(16)26-19/h8-9,11-14H,4-7,10,15H2,1-3H3. The number of ether oxygens (including phenoxy) is 1. The first-order chi connectivity index (χ1) is 12.7. The number of hydrogen-bond donors (Lipinski definition) is 0. The van der Waals surface area contributed by atoms with Crippen molar-refractivity contribution in [2.24, 2.45) is 0 Å². The van der Waals surface area contributed by atoms with Gasteiger partial charge in [0.2, 0.25) is 5.43 Å². The summed E-state index contributed by atoms with van der Waals surface area (Å²) in [6, 6.07) is 11.3. The monoisotopic (exact) mass is 353 g/mol. The van der Waals surface area contributed by atoms with Crippen LogP contribution >= 0.6 is 0 Å². The van der Waals surface area contributed by atoms with E-state index in [9.17, 15) is 4.79 Å². The van der Waals surface area contributed by atoms with Crippen molar-refractivity contribution >= 4 is 27.6 Å². The molecule has 0 saturated heterocycles. The average molecular weight is 353 g/mol. The first kappa shape index (κ1) is 18.3. The van der Waals surface area contributed by atoms with E-state index in [1.807, 2.05) is 36.4 Å². The van der Waals surface area contributed by atoms with Gasteiger partial charge in [0.25, 0.3) is 0 Å². The zero-order valence-corrected chi connectivity index (χ0v) is 15.9. The molecule has 0 N–H and O–H groups in total. The number of rotatable bonds is 8. The van der Waals surface area contributed by atoms with Crippen LogP contribution in [0.25, 0.3) is 21.9 Å². The number of benzene rings is 2. The average Bonchev–Trinajstić information content (AvgIpc) is 2.67. The van der Waals surface area contributed by atoms with E-state index in [-0.39, 0.29) is 5.43 Å². The first-order valence-electron chi connectivity index (χ1n) is 9.57. The molecule has 4 nitrogen and oxygen atoms in total.